The third kappa shape index (κ3) is 2.86. The number of nitrogens with zero attached hydrogens (tertiary/aromatic N) is 1. The van der Waals surface area contributed by atoms with Crippen molar-refractivity contribution in [3.63, 3.8) is 0 Å². The van der Waals surface area contributed by atoms with E-state index in [0.29, 0.717) is 15.3 Å². The predicted molar refractivity (Wildman–Crippen MR) is 76.7 cm³/mol. The molecule has 18 heavy (non-hydrogen) atoms. The second-order valence-electron chi connectivity index (χ2n) is 5.42. The molecule has 1 aliphatic carbocycles. The van der Waals surface area contributed by atoms with Gasteiger partial charge in [-0.1, -0.05) is 31.9 Å². The second kappa shape index (κ2) is 5.17. The molecule has 1 aromatic rings. The Morgan fingerprint density at radius 1 is 1.61 bits per heavy atom. The van der Waals surface area contributed by atoms with Gasteiger partial charge in [-0.3, -0.25) is 4.79 Å². The molecule has 0 aliphatic heterocycles. The van der Waals surface area contributed by atoms with Crippen LogP contribution in [0.15, 0.2) is 16.7 Å². The molecule has 5 heteroatoms. The van der Waals surface area contributed by atoms with Crippen LogP contribution in [0, 0.1) is 11.3 Å². The summed E-state index contributed by atoms with van der Waals surface area (Å²) in [5.41, 5.74) is 0.764. The van der Waals surface area contributed by atoms with Crippen LogP contribution in [0.1, 0.15) is 33.1 Å². The molecule has 1 unspecified atom stereocenters. The number of carbonyl (C=O) groups excluding carboxylic acids is 1. The number of hydrogen-bond acceptors (Lipinski definition) is 2. The molecule has 0 radical (unpaired) electrons. The first kappa shape index (κ1) is 13.8. The van der Waals surface area contributed by atoms with E-state index in [0.717, 1.165) is 19.3 Å². The average Bonchev–Trinajstić information content (AvgIpc) is 2.63. The Hall–Kier alpha value is -0.610. The van der Waals surface area contributed by atoms with Crippen molar-refractivity contribution in [3.05, 3.63) is 21.9 Å². The third-order valence-corrected chi connectivity index (χ3v) is 4.77. The molecule has 0 aromatic carbocycles. The molecule has 0 saturated heterocycles. The molecule has 0 bridgehead atoms. The highest BCUT2D eigenvalue weighted by atomic mass is 79.9. The van der Waals surface area contributed by atoms with Crippen LogP contribution in [-0.2, 0) is 4.79 Å². The number of rotatable bonds is 2. The third-order valence-electron chi connectivity index (χ3n) is 3.64. The van der Waals surface area contributed by atoms with E-state index in [1.54, 1.807) is 12.3 Å². The molecule has 1 aromatic heterocycles. The summed E-state index contributed by atoms with van der Waals surface area (Å²) < 4.78 is 0.688. The molecule has 1 heterocycles. The number of pyridine rings is 1. The minimum atomic E-state index is 0.0759. The lowest BCUT2D eigenvalue weighted by atomic mass is 9.81. The number of aromatic nitrogens is 1. The van der Waals surface area contributed by atoms with Gasteiger partial charge in [0.1, 0.15) is 5.15 Å². The zero-order chi connectivity index (χ0) is 13.3. The van der Waals surface area contributed by atoms with E-state index in [1.807, 2.05) is 0 Å². The van der Waals surface area contributed by atoms with Crippen LogP contribution >= 0.6 is 27.5 Å². The van der Waals surface area contributed by atoms with Crippen molar-refractivity contribution in [1.82, 2.24) is 4.98 Å². The Bertz CT molecular complexity index is 476. The van der Waals surface area contributed by atoms with Crippen LogP contribution in [0.2, 0.25) is 5.15 Å². The van der Waals surface area contributed by atoms with Gasteiger partial charge in [-0.05, 0) is 40.3 Å². The fourth-order valence-corrected chi connectivity index (χ4v) is 2.98. The molecule has 98 valence electrons. The van der Waals surface area contributed by atoms with Crippen LogP contribution in [0.5, 0.6) is 0 Å². The number of halogens is 2. The van der Waals surface area contributed by atoms with Crippen molar-refractivity contribution in [1.29, 1.82) is 0 Å². The minimum absolute atomic E-state index is 0.0759. The molecular formula is C13H16BrClN2O. The highest BCUT2D eigenvalue weighted by molar-refractivity contribution is 9.10. The fraction of sp³-hybridized carbons (Fsp3) is 0.538. The number of hydrogen-bond donors (Lipinski definition) is 1. The maximum Gasteiger partial charge on any atom is 0.228 e. The predicted octanol–water partition coefficient (Wildman–Crippen LogP) is 4.26. The van der Waals surface area contributed by atoms with Crippen molar-refractivity contribution in [3.8, 4) is 0 Å². The largest absolute Gasteiger partial charge is 0.324 e. The van der Waals surface area contributed by atoms with E-state index >= 15 is 0 Å². The molecule has 3 nitrogen and oxygen atoms in total. The highest BCUT2D eigenvalue weighted by Crippen LogP contribution is 2.43. The first-order chi connectivity index (χ1) is 8.40. The van der Waals surface area contributed by atoms with Gasteiger partial charge in [-0.2, -0.15) is 0 Å². The Morgan fingerprint density at radius 3 is 2.89 bits per heavy atom. The van der Waals surface area contributed by atoms with Crippen molar-refractivity contribution < 1.29 is 4.79 Å². The van der Waals surface area contributed by atoms with E-state index in [4.69, 9.17) is 11.6 Å². The monoisotopic (exact) mass is 330 g/mol. The molecule has 0 spiro atoms. The molecule has 1 N–H and O–H groups in total. The minimum Gasteiger partial charge on any atom is -0.324 e. The summed E-state index contributed by atoms with van der Waals surface area (Å²) in [5.74, 6) is 0.153. The summed E-state index contributed by atoms with van der Waals surface area (Å²) in [5, 5.41) is 3.31. The lowest BCUT2D eigenvalue weighted by Gasteiger charge is -2.25. The van der Waals surface area contributed by atoms with Crippen LogP contribution < -0.4 is 5.32 Å². The van der Waals surface area contributed by atoms with Crippen molar-refractivity contribution in [2.75, 3.05) is 5.32 Å². The zero-order valence-corrected chi connectivity index (χ0v) is 12.8. The van der Waals surface area contributed by atoms with Gasteiger partial charge in [0.05, 0.1) is 16.4 Å². The molecule has 1 saturated carbocycles. The SMILES string of the molecule is CC1(C)CCCC1C(=O)Nc1cnc(Cl)c(Br)c1. The number of amides is 1. The summed E-state index contributed by atoms with van der Waals surface area (Å²) in [4.78, 5) is 16.2. The van der Waals surface area contributed by atoms with Gasteiger partial charge in [-0.15, -0.1) is 0 Å². The summed E-state index contributed by atoms with van der Waals surface area (Å²) in [6, 6.07) is 1.77. The van der Waals surface area contributed by atoms with Gasteiger partial charge in [0.15, 0.2) is 0 Å². The number of nitrogens with one attached hydrogen (secondary N) is 1. The quantitative estimate of drug-likeness (QED) is 0.823. The Morgan fingerprint density at radius 2 is 2.33 bits per heavy atom. The Kier molecular flexibility index (Phi) is 3.97. The first-order valence-corrected chi connectivity index (χ1v) is 7.19. The maximum atomic E-state index is 12.2. The molecule has 2 rings (SSSR count). The molecule has 1 aliphatic rings. The summed E-state index contributed by atoms with van der Waals surface area (Å²) in [6.07, 6.45) is 4.76. The van der Waals surface area contributed by atoms with Gasteiger partial charge < -0.3 is 5.32 Å². The van der Waals surface area contributed by atoms with Gasteiger partial charge in [0.25, 0.3) is 0 Å². The summed E-state index contributed by atoms with van der Waals surface area (Å²) in [7, 11) is 0. The van der Waals surface area contributed by atoms with Crippen molar-refractivity contribution in [2.45, 2.75) is 33.1 Å². The second-order valence-corrected chi connectivity index (χ2v) is 6.63. The molecule has 1 amide bonds. The Labute approximate surface area is 120 Å². The van der Waals surface area contributed by atoms with Gasteiger partial charge >= 0.3 is 0 Å². The van der Waals surface area contributed by atoms with Gasteiger partial charge in [0.2, 0.25) is 5.91 Å². The van der Waals surface area contributed by atoms with Gasteiger partial charge in [0, 0.05) is 5.92 Å². The van der Waals surface area contributed by atoms with Crippen LogP contribution in [0.25, 0.3) is 0 Å². The van der Waals surface area contributed by atoms with E-state index < -0.39 is 0 Å². The fourth-order valence-electron chi connectivity index (χ4n) is 2.53. The van der Waals surface area contributed by atoms with Crippen molar-refractivity contribution >= 4 is 39.1 Å². The summed E-state index contributed by atoms with van der Waals surface area (Å²) in [6.45, 7) is 4.31. The Balaban J connectivity index is 2.09. The maximum absolute atomic E-state index is 12.2. The molecule has 1 atom stereocenters. The highest BCUT2D eigenvalue weighted by Gasteiger charge is 2.39. The van der Waals surface area contributed by atoms with Crippen LogP contribution in [-0.4, -0.2) is 10.9 Å². The lowest BCUT2D eigenvalue weighted by Crippen LogP contribution is -2.30. The van der Waals surface area contributed by atoms with Gasteiger partial charge in [-0.25, -0.2) is 4.98 Å². The van der Waals surface area contributed by atoms with Crippen LogP contribution in [0.4, 0.5) is 5.69 Å². The first-order valence-electron chi connectivity index (χ1n) is 6.02. The average molecular weight is 332 g/mol. The topological polar surface area (TPSA) is 42.0 Å². The van der Waals surface area contributed by atoms with Crippen molar-refractivity contribution in [2.24, 2.45) is 11.3 Å². The van der Waals surface area contributed by atoms with E-state index in [1.165, 1.54) is 0 Å². The normalized spacial score (nSPS) is 21.9. The van der Waals surface area contributed by atoms with E-state index in [-0.39, 0.29) is 17.2 Å². The van der Waals surface area contributed by atoms with Crippen LogP contribution in [0.3, 0.4) is 0 Å². The van der Waals surface area contributed by atoms with E-state index in [2.05, 4.69) is 40.1 Å². The number of carbonyl (C=O) groups is 1. The van der Waals surface area contributed by atoms with E-state index in [9.17, 15) is 4.79 Å². The molecule has 1 fully saturated rings. The summed E-state index contributed by atoms with van der Waals surface area (Å²) >= 11 is 9.12. The molecular weight excluding hydrogens is 316 g/mol. The number of anilines is 1. The smallest absolute Gasteiger partial charge is 0.228 e. The standard InChI is InChI=1S/C13H16BrClN2O/c1-13(2)5-3-4-9(13)12(18)17-8-6-10(14)11(15)16-7-8/h6-7,9H,3-5H2,1-2H3,(H,17,18). The zero-order valence-electron chi connectivity index (χ0n) is 10.5. The lowest BCUT2D eigenvalue weighted by molar-refractivity contribution is -0.122.